The number of imidazole rings is 1. The minimum Gasteiger partial charge on any atom is -0.364 e. The maximum Gasteiger partial charge on any atom is 0.253 e. The molecule has 0 saturated carbocycles. The fourth-order valence-corrected chi connectivity index (χ4v) is 3.52. The molecule has 2 aliphatic rings. The summed E-state index contributed by atoms with van der Waals surface area (Å²) < 4.78 is 25.0. The quantitative estimate of drug-likeness (QED) is 0.586. The van der Waals surface area contributed by atoms with Gasteiger partial charge >= 0.3 is 0 Å². The number of carbonyl (C=O) groups is 1. The number of nitrogens with zero attached hydrogens (tertiary/aromatic N) is 3. The van der Waals surface area contributed by atoms with Crippen molar-refractivity contribution in [3.05, 3.63) is 17.3 Å². The monoisotopic (exact) mass is 381 g/mol. The number of amides is 1. The lowest BCUT2D eigenvalue weighted by Crippen LogP contribution is -2.43. The Balaban J connectivity index is 1.70. The Bertz CT molecular complexity index is 896. The molecule has 0 aromatic carbocycles. The number of nitrogens with one attached hydrogen (secondary N) is 2. The smallest absolute Gasteiger partial charge is 0.253 e. The molecule has 2 aliphatic heterocycles. The number of rotatable bonds is 4. The van der Waals surface area contributed by atoms with Gasteiger partial charge in [0.15, 0.2) is 22.8 Å². The molecule has 2 aromatic heterocycles. The van der Waals surface area contributed by atoms with Gasteiger partial charge in [-0.05, 0) is 13.8 Å². The fourth-order valence-electron chi connectivity index (χ4n) is 3.32. The summed E-state index contributed by atoms with van der Waals surface area (Å²) in [5.41, 5.74) is 1.19. The van der Waals surface area contributed by atoms with Gasteiger partial charge in [-0.2, -0.15) is 0 Å². The van der Waals surface area contributed by atoms with Crippen molar-refractivity contribution in [1.82, 2.24) is 24.8 Å². The summed E-state index contributed by atoms with van der Waals surface area (Å²) in [4.78, 5) is 23.8. The third-order valence-electron chi connectivity index (χ3n) is 4.33. The van der Waals surface area contributed by atoms with Crippen LogP contribution in [0.15, 0.2) is 12.7 Å². The molecule has 0 spiro atoms. The van der Waals surface area contributed by atoms with E-state index in [2.05, 4.69) is 20.3 Å². The molecule has 10 nitrogen and oxygen atoms in total. The molecule has 4 atom stereocenters. The molecule has 1 amide bonds. The largest absolute Gasteiger partial charge is 0.364 e. The van der Waals surface area contributed by atoms with Gasteiger partial charge < -0.3 is 29.2 Å². The van der Waals surface area contributed by atoms with E-state index in [-0.39, 0.29) is 12.6 Å². The maximum atomic E-state index is 12.5. The standard InChI is InChI=1S/C15H19N5O5S/c1-15(2)24-8-9(12(21)19-6-22-3)23-14(10(8)25-15)20-5-18-7-11(20)16-4-17-13(7)26/h4-5,8-10,14H,6H2,1-3H3,(H,19,21)(H,16,17,26)/t8-,9+,10-,14-/m1/s1. The highest BCUT2D eigenvalue weighted by Gasteiger charge is 2.58. The highest BCUT2D eigenvalue weighted by Crippen LogP contribution is 2.43. The molecule has 0 bridgehead atoms. The number of fused-ring (bicyclic) bond motifs is 2. The molecule has 11 heteroatoms. The molecule has 0 aliphatic carbocycles. The molecule has 2 aromatic rings. The third-order valence-corrected chi connectivity index (χ3v) is 4.63. The summed E-state index contributed by atoms with van der Waals surface area (Å²) in [5.74, 6) is -1.16. The van der Waals surface area contributed by atoms with E-state index in [0.717, 1.165) is 0 Å². The first-order chi connectivity index (χ1) is 12.4. The van der Waals surface area contributed by atoms with E-state index in [1.165, 1.54) is 13.4 Å². The molecule has 2 fully saturated rings. The van der Waals surface area contributed by atoms with Gasteiger partial charge in [0.1, 0.15) is 30.1 Å². The van der Waals surface area contributed by atoms with Crippen molar-refractivity contribution in [2.75, 3.05) is 13.8 Å². The summed E-state index contributed by atoms with van der Waals surface area (Å²) in [6, 6.07) is 0. The Morgan fingerprint density at radius 2 is 2.19 bits per heavy atom. The number of hydrogen-bond acceptors (Lipinski definition) is 8. The normalized spacial score (nSPS) is 29.8. The van der Waals surface area contributed by atoms with Crippen molar-refractivity contribution in [1.29, 1.82) is 0 Å². The lowest BCUT2D eigenvalue weighted by Gasteiger charge is -2.24. The molecule has 2 N–H and O–H groups in total. The van der Waals surface area contributed by atoms with E-state index in [4.69, 9.17) is 31.2 Å². The lowest BCUT2D eigenvalue weighted by atomic mass is 10.1. The Morgan fingerprint density at radius 3 is 2.96 bits per heavy atom. The van der Waals surface area contributed by atoms with Crippen LogP contribution in [0.2, 0.25) is 0 Å². The van der Waals surface area contributed by atoms with Gasteiger partial charge in [-0.15, -0.1) is 0 Å². The zero-order chi connectivity index (χ0) is 18.5. The van der Waals surface area contributed by atoms with Crippen LogP contribution in [-0.2, 0) is 23.7 Å². The summed E-state index contributed by atoms with van der Waals surface area (Å²) in [6.07, 6.45) is 0.575. The van der Waals surface area contributed by atoms with E-state index in [1.54, 1.807) is 24.7 Å². The third kappa shape index (κ3) is 2.81. The molecule has 2 saturated heterocycles. The van der Waals surface area contributed by atoms with Crippen molar-refractivity contribution < 1.29 is 23.7 Å². The number of ether oxygens (including phenoxy) is 4. The molecular formula is C15H19N5O5S. The minimum absolute atomic E-state index is 0.0811. The fraction of sp³-hybridized carbons (Fsp3) is 0.600. The predicted molar refractivity (Wildman–Crippen MR) is 90.5 cm³/mol. The van der Waals surface area contributed by atoms with Gasteiger partial charge in [-0.3, -0.25) is 9.36 Å². The van der Waals surface area contributed by atoms with E-state index < -0.39 is 30.3 Å². The molecular weight excluding hydrogens is 362 g/mol. The first-order valence-corrected chi connectivity index (χ1v) is 8.50. The average Bonchev–Trinajstić information content (AvgIpc) is 3.24. The summed E-state index contributed by atoms with van der Waals surface area (Å²) in [5, 5.41) is 2.65. The average molecular weight is 381 g/mol. The number of H-pyrrole nitrogens is 1. The Morgan fingerprint density at radius 1 is 1.42 bits per heavy atom. The van der Waals surface area contributed by atoms with Crippen LogP contribution in [0.4, 0.5) is 0 Å². The SMILES string of the molecule is COCNC(=O)[C@H]1O[C@@H](n2cnc3c(=S)nc[nH]c32)[C@@H]2OC(C)(C)O[C@@H]21. The van der Waals surface area contributed by atoms with E-state index >= 15 is 0 Å². The molecule has 140 valence electrons. The number of aromatic nitrogens is 4. The second-order valence-corrected chi connectivity index (χ2v) is 6.93. The van der Waals surface area contributed by atoms with Gasteiger partial charge in [-0.1, -0.05) is 12.2 Å². The number of hydrogen-bond donors (Lipinski definition) is 2. The highest BCUT2D eigenvalue weighted by molar-refractivity contribution is 7.71. The Hall–Kier alpha value is -1.92. The van der Waals surface area contributed by atoms with Gasteiger partial charge in [0.05, 0.1) is 12.7 Å². The molecule has 0 unspecified atom stereocenters. The van der Waals surface area contributed by atoms with Crippen molar-refractivity contribution in [2.45, 2.75) is 44.2 Å². The molecule has 4 rings (SSSR count). The van der Waals surface area contributed by atoms with Crippen LogP contribution in [0.3, 0.4) is 0 Å². The second-order valence-electron chi connectivity index (χ2n) is 6.54. The molecule has 0 radical (unpaired) electrons. The summed E-state index contributed by atoms with van der Waals surface area (Å²) in [7, 11) is 1.49. The van der Waals surface area contributed by atoms with E-state index in [9.17, 15) is 4.79 Å². The van der Waals surface area contributed by atoms with Crippen molar-refractivity contribution >= 4 is 29.3 Å². The molecule has 26 heavy (non-hydrogen) atoms. The van der Waals surface area contributed by atoms with Crippen LogP contribution in [0.1, 0.15) is 20.1 Å². The zero-order valence-electron chi connectivity index (χ0n) is 14.5. The van der Waals surface area contributed by atoms with Crippen LogP contribution < -0.4 is 5.32 Å². The first kappa shape index (κ1) is 17.5. The molecule has 4 heterocycles. The predicted octanol–water partition coefficient (Wildman–Crippen LogP) is 0.626. The Kier molecular flexibility index (Phi) is 4.28. The van der Waals surface area contributed by atoms with Gasteiger partial charge in [0, 0.05) is 7.11 Å². The van der Waals surface area contributed by atoms with Crippen LogP contribution in [-0.4, -0.2) is 63.4 Å². The maximum absolute atomic E-state index is 12.5. The Labute approximate surface area is 153 Å². The van der Waals surface area contributed by atoms with Gasteiger partial charge in [-0.25, -0.2) is 9.97 Å². The van der Waals surface area contributed by atoms with Gasteiger partial charge in [0.25, 0.3) is 5.91 Å². The van der Waals surface area contributed by atoms with Crippen LogP contribution >= 0.6 is 12.2 Å². The lowest BCUT2D eigenvalue weighted by molar-refractivity contribution is -0.197. The summed E-state index contributed by atoms with van der Waals surface area (Å²) >= 11 is 5.20. The number of carbonyl (C=O) groups excluding carboxylic acids is 1. The van der Waals surface area contributed by atoms with E-state index in [0.29, 0.717) is 15.8 Å². The minimum atomic E-state index is -0.843. The topological polar surface area (TPSA) is 113 Å². The van der Waals surface area contributed by atoms with Gasteiger partial charge in [0.2, 0.25) is 0 Å². The first-order valence-electron chi connectivity index (χ1n) is 8.09. The van der Waals surface area contributed by atoms with Crippen molar-refractivity contribution in [2.24, 2.45) is 0 Å². The van der Waals surface area contributed by atoms with Crippen molar-refractivity contribution in [3.63, 3.8) is 0 Å². The highest BCUT2D eigenvalue weighted by atomic mass is 32.1. The number of methoxy groups -OCH3 is 1. The van der Waals surface area contributed by atoms with Crippen LogP contribution in [0.5, 0.6) is 0 Å². The van der Waals surface area contributed by atoms with E-state index in [1.807, 2.05) is 0 Å². The number of aromatic amines is 1. The van der Waals surface area contributed by atoms with Crippen molar-refractivity contribution in [3.8, 4) is 0 Å². The zero-order valence-corrected chi connectivity index (χ0v) is 15.3. The summed E-state index contributed by atoms with van der Waals surface area (Å²) in [6.45, 7) is 3.68. The second kappa shape index (κ2) is 6.35. The van der Waals surface area contributed by atoms with Crippen LogP contribution in [0, 0.1) is 4.64 Å². The van der Waals surface area contributed by atoms with Crippen LogP contribution in [0.25, 0.3) is 11.2 Å².